The molecule has 0 aliphatic carbocycles. The number of fused-ring (bicyclic) bond motifs is 1. The Morgan fingerprint density at radius 1 is 1.46 bits per heavy atom. The van der Waals surface area contributed by atoms with E-state index < -0.39 is 0 Å². The Hall–Kier alpha value is -0.100. The summed E-state index contributed by atoms with van der Waals surface area (Å²) in [7, 11) is 1.95. The average molecular weight is 354 g/mol. The van der Waals surface area contributed by atoms with E-state index in [4.69, 9.17) is 0 Å². The number of aryl methyl sites for hydroxylation is 1. The predicted molar refractivity (Wildman–Crippen MR) is 63.3 cm³/mol. The molecule has 0 atom stereocenters. The molecule has 13 heavy (non-hydrogen) atoms. The summed E-state index contributed by atoms with van der Waals surface area (Å²) in [5.74, 6) is -0.205. The maximum atomic E-state index is 13.0. The van der Waals surface area contributed by atoms with Gasteiger partial charge in [-0.15, -0.1) is 0 Å². The van der Waals surface area contributed by atoms with E-state index in [9.17, 15) is 4.39 Å². The first-order valence-corrected chi connectivity index (χ1v) is 5.56. The first kappa shape index (κ1) is 9.45. The van der Waals surface area contributed by atoms with Crippen molar-refractivity contribution in [2.75, 3.05) is 0 Å². The summed E-state index contributed by atoms with van der Waals surface area (Å²) in [5.41, 5.74) is 1.03. The highest BCUT2D eigenvalue weighted by Crippen LogP contribution is 2.29. The number of rotatable bonds is 0. The Labute approximate surface area is 97.2 Å². The van der Waals surface area contributed by atoms with Crippen molar-refractivity contribution in [3.63, 3.8) is 0 Å². The standard InChI is InChI=1S/C9H6BrFIN/c1-13-4-8(12)6-2-5(11)3-7(10)9(6)13/h2-4H,1H3. The number of nitrogens with zero attached hydrogens (tertiary/aromatic N) is 1. The third kappa shape index (κ3) is 1.50. The lowest BCUT2D eigenvalue weighted by atomic mass is 10.2. The highest BCUT2D eigenvalue weighted by molar-refractivity contribution is 14.1. The molecular formula is C9H6BrFIN. The fraction of sp³-hybridized carbons (Fsp3) is 0.111. The Bertz CT molecular complexity index is 478. The predicted octanol–water partition coefficient (Wildman–Crippen LogP) is 3.68. The summed E-state index contributed by atoms with van der Waals surface area (Å²) >= 11 is 5.55. The van der Waals surface area contributed by atoms with E-state index in [0.29, 0.717) is 0 Å². The van der Waals surface area contributed by atoms with Gasteiger partial charge < -0.3 is 4.57 Å². The quantitative estimate of drug-likeness (QED) is 0.637. The molecule has 0 saturated heterocycles. The molecule has 0 unspecified atom stereocenters. The van der Waals surface area contributed by atoms with Crippen molar-refractivity contribution < 1.29 is 4.39 Å². The molecule has 0 N–H and O–H groups in total. The molecule has 0 radical (unpaired) electrons. The average Bonchev–Trinajstić information content (AvgIpc) is 2.27. The van der Waals surface area contributed by atoms with Gasteiger partial charge in [0, 0.05) is 26.7 Å². The molecule has 0 spiro atoms. The van der Waals surface area contributed by atoms with E-state index in [1.165, 1.54) is 6.07 Å². The van der Waals surface area contributed by atoms with Gasteiger partial charge in [-0.1, -0.05) is 0 Å². The van der Waals surface area contributed by atoms with Gasteiger partial charge in [0.15, 0.2) is 0 Å². The van der Waals surface area contributed by atoms with Crippen LogP contribution in [0.4, 0.5) is 4.39 Å². The molecule has 0 amide bonds. The normalized spacial score (nSPS) is 11.1. The molecule has 1 heterocycles. The van der Waals surface area contributed by atoms with Crippen LogP contribution in [0.2, 0.25) is 0 Å². The molecule has 2 aromatic rings. The van der Waals surface area contributed by atoms with Crippen molar-refractivity contribution in [1.82, 2.24) is 4.57 Å². The zero-order chi connectivity index (χ0) is 9.59. The zero-order valence-corrected chi connectivity index (χ0v) is 10.6. The molecular weight excluding hydrogens is 348 g/mol. The van der Waals surface area contributed by atoms with Gasteiger partial charge in [0.1, 0.15) is 5.82 Å². The smallest absolute Gasteiger partial charge is 0.125 e. The number of halogens is 3. The topological polar surface area (TPSA) is 4.93 Å². The van der Waals surface area contributed by atoms with E-state index in [-0.39, 0.29) is 5.82 Å². The van der Waals surface area contributed by atoms with Crippen LogP contribution in [0.25, 0.3) is 10.9 Å². The highest BCUT2D eigenvalue weighted by Gasteiger charge is 2.08. The molecule has 1 nitrogen and oxygen atoms in total. The second-order valence-electron chi connectivity index (χ2n) is 2.87. The summed E-state index contributed by atoms with van der Waals surface area (Å²) < 4.78 is 16.9. The van der Waals surface area contributed by atoms with E-state index in [1.54, 1.807) is 6.07 Å². The zero-order valence-electron chi connectivity index (χ0n) is 6.81. The van der Waals surface area contributed by atoms with Crippen LogP contribution in [0.1, 0.15) is 0 Å². The lowest BCUT2D eigenvalue weighted by Gasteiger charge is -1.99. The molecule has 0 aliphatic heterocycles. The van der Waals surface area contributed by atoms with Gasteiger partial charge >= 0.3 is 0 Å². The summed E-state index contributed by atoms with van der Waals surface area (Å²) in [5, 5.41) is 0.954. The van der Waals surface area contributed by atoms with Gasteiger partial charge in [0.25, 0.3) is 0 Å². The molecule has 1 aromatic carbocycles. The molecule has 2 rings (SSSR count). The van der Waals surface area contributed by atoms with Crippen molar-refractivity contribution in [2.45, 2.75) is 0 Å². The van der Waals surface area contributed by atoms with Gasteiger partial charge in [0.05, 0.1) is 5.52 Å². The molecule has 1 aromatic heterocycles. The van der Waals surface area contributed by atoms with E-state index >= 15 is 0 Å². The Morgan fingerprint density at radius 3 is 2.85 bits per heavy atom. The second-order valence-corrected chi connectivity index (χ2v) is 4.89. The maximum Gasteiger partial charge on any atom is 0.125 e. The third-order valence-electron chi connectivity index (χ3n) is 1.95. The van der Waals surface area contributed by atoms with Gasteiger partial charge in [-0.2, -0.15) is 0 Å². The number of aromatic nitrogens is 1. The number of hydrogen-bond acceptors (Lipinski definition) is 0. The van der Waals surface area contributed by atoms with E-state index in [0.717, 1.165) is 18.9 Å². The van der Waals surface area contributed by atoms with Gasteiger partial charge in [0.2, 0.25) is 0 Å². The van der Waals surface area contributed by atoms with Crippen LogP contribution in [0.3, 0.4) is 0 Å². The van der Waals surface area contributed by atoms with Gasteiger partial charge in [-0.25, -0.2) is 4.39 Å². The van der Waals surface area contributed by atoms with Crippen LogP contribution >= 0.6 is 38.5 Å². The lowest BCUT2D eigenvalue weighted by Crippen LogP contribution is -1.85. The molecule has 0 saturated carbocycles. The van der Waals surface area contributed by atoms with Crippen LogP contribution in [0.5, 0.6) is 0 Å². The minimum atomic E-state index is -0.205. The Morgan fingerprint density at radius 2 is 2.15 bits per heavy atom. The lowest BCUT2D eigenvalue weighted by molar-refractivity contribution is 0.629. The summed E-state index contributed by atoms with van der Waals surface area (Å²) in [6.07, 6.45) is 1.98. The van der Waals surface area contributed by atoms with Crippen molar-refractivity contribution in [3.8, 4) is 0 Å². The highest BCUT2D eigenvalue weighted by atomic mass is 127. The Balaban J connectivity index is 2.97. The fourth-order valence-electron chi connectivity index (χ4n) is 1.41. The molecule has 0 fully saturated rings. The maximum absolute atomic E-state index is 13.0. The van der Waals surface area contributed by atoms with Gasteiger partial charge in [-0.3, -0.25) is 0 Å². The van der Waals surface area contributed by atoms with E-state index in [1.807, 2.05) is 17.8 Å². The van der Waals surface area contributed by atoms with Crippen molar-refractivity contribution in [3.05, 3.63) is 32.2 Å². The van der Waals surface area contributed by atoms with Crippen molar-refractivity contribution in [1.29, 1.82) is 0 Å². The van der Waals surface area contributed by atoms with Crippen LogP contribution in [0, 0.1) is 9.39 Å². The third-order valence-corrected chi connectivity index (χ3v) is 3.41. The van der Waals surface area contributed by atoms with Crippen LogP contribution in [0.15, 0.2) is 22.8 Å². The fourth-order valence-corrected chi connectivity index (χ4v) is 2.95. The van der Waals surface area contributed by atoms with Gasteiger partial charge in [-0.05, 0) is 50.7 Å². The number of hydrogen-bond donors (Lipinski definition) is 0. The minimum absolute atomic E-state index is 0.205. The molecule has 4 heteroatoms. The van der Waals surface area contributed by atoms with Crippen LogP contribution in [-0.2, 0) is 7.05 Å². The number of benzene rings is 1. The summed E-state index contributed by atoms with van der Waals surface area (Å²) in [6, 6.07) is 3.04. The van der Waals surface area contributed by atoms with Crippen molar-refractivity contribution in [2.24, 2.45) is 7.05 Å². The second kappa shape index (κ2) is 3.24. The SMILES string of the molecule is Cn1cc(I)c2cc(F)cc(Br)c21. The summed E-state index contributed by atoms with van der Waals surface area (Å²) in [6.45, 7) is 0. The summed E-state index contributed by atoms with van der Waals surface area (Å²) in [4.78, 5) is 0. The first-order chi connectivity index (χ1) is 6.09. The van der Waals surface area contributed by atoms with E-state index in [2.05, 4.69) is 38.5 Å². The van der Waals surface area contributed by atoms with Crippen LogP contribution < -0.4 is 0 Å². The Kier molecular flexibility index (Phi) is 2.35. The first-order valence-electron chi connectivity index (χ1n) is 3.69. The molecule has 68 valence electrons. The van der Waals surface area contributed by atoms with Crippen molar-refractivity contribution >= 4 is 49.4 Å². The monoisotopic (exact) mass is 353 g/mol. The molecule has 0 aliphatic rings. The van der Waals surface area contributed by atoms with Crippen LogP contribution in [-0.4, -0.2) is 4.57 Å². The largest absolute Gasteiger partial charge is 0.349 e. The minimum Gasteiger partial charge on any atom is -0.349 e. The molecule has 0 bridgehead atoms.